The predicted molar refractivity (Wildman–Crippen MR) is 65.2 cm³/mol. The van der Waals surface area contributed by atoms with Crippen LogP contribution in [0.5, 0.6) is 0 Å². The van der Waals surface area contributed by atoms with E-state index in [9.17, 15) is 0 Å². The zero-order valence-corrected chi connectivity index (χ0v) is 10.3. The summed E-state index contributed by atoms with van der Waals surface area (Å²) in [6.45, 7) is 5.13. The maximum Gasteiger partial charge on any atom is 0.122 e. The van der Waals surface area contributed by atoms with E-state index in [0.717, 1.165) is 31.4 Å². The van der Waals surface area contributed by atoms with Crippen LogP contribution in [-0.4, -0.2) is 24.5 Å². The minimum absolute atomic E-state index is 0.793. The summed E-state index contributed by atoms with van der Waals surface area (Å²) in [6, 6.07) is 2.88. The van der Waals surface area contributed by atoms with Gasteiger partial charge in [-0.2, -0.15) is 0 Å². The molecule has 0 amide bonds. The average molecular weight is 222 g/mol. The van der Waals surface area contributed by atoms with Gasteiger partial charge in [0, 0.05) is 18.2 Å². The first-order valence-electron chi connectivity index (χ1n) is 6.27. The molecule has 90 valence electrons. The lowest BCUT2D eigenvalue weighted by molar-refractivity contribution is 0.284. The minimum atomic E-state index is 0.793. The molecular weight excluding hydrogens is 200 g/mol. The summed E-state index contributed by atoms with van der Waals surface area (Å²) in [4.78, 5) is 2.39. The molecule has 1 aromatic rings. The molecule has 16 heavy (non-hydrogen) atoms. The van der Waals surface area contributed by atoms with Crippen molar-refractivity contribution in [1.29, 1.82) is 0 Å². The molecule has 1 saturated carbocycles. The molecule has 1 aliphatic carbocycles. The summed E-state index contributed by atoms with van der Waals surface area (Å²) in [5.41, 5.74) is 1.31. The zero-order chi connectivity index (χ0) is 11.4. The van der Waals surface area contributed by atoms with Gasteiger partial charge in [-0.25, -0.2) is 0 Å². The fraction of sp³-hybridized carbons (Fsp3) is 0.692. The number of rotatable bonds is 7. The second kappa shape index (κ2) is 5.51. The van der Waals surface area contributed by atoms with E-state index in [2.05, 4.69) is 30.3 Å². The average Bonchev–Trinajstić information content (AvgIpc) is 3.04. The van der Waals surface area contributed by atoms with Crippen LogP contribution in [0.25, 0.3) is 0 Å². The Morgan fingerprint density at radius 2 is 2.31 bits per heavy atom. The Kier molecular flexibility index (Phi) is 4.02. The van der Waals surface area contributed by atoms with Gasteiger partial charge in [0.25, 0.3) is 0 Å². The van der Waals surface area contributed by atoms with Crippen LogP contribution < -0.4 is 5.32 Å². The molecule has 0 spiro atoms. The van der Waals surface area contributed by atoms with Crippen LogP contribution in [-0.2, 0) is 13.1 Å². The molecular formula is C13H22N2O. The van der Waals surface area contributed by atoms with Gasteiger partial charge >= 0.3 is 0 Å². The lowest BCUT2D eigenvalue weighted by atomic mass is 10.2. The fourth-order valence-corrected chi connectivity index (χ4v) is 1.93. The number of nitrogens with zero attached hydrogens (tertiary/aromatic N) is 1. The zero-order valence-electron chi connectivity index (χ0n) is 10.3. The highest BCUT2D eigenvalue weighted by atomic mass is 16.3. The summed E-state index contributed by atoms with van der Waals surface area (Å²) >= 11 is 0. The molecule has 0 saturated heterocycles. The molecule has 3 nitrogen and oxygen atoms in total. The van der Waals surface area contributed by atoms with E-state index in [1.54, 1.807) is 6.26 Å². The van der Waals surface area contributed by atoms with Gasteiger partial charge in [-0.05, 0) is 38.9 Å². The third-order valence-corrected chi connectivity index (χ3v) is 3.14. The second-order valence-corrected chi connectivity index (χ2v) is 4.69. The van der Waals surface area contributed by atoms with E-state index in [-0.39, 0.29) is 0 Å². The number of hydrogen-bond acceptors (Lipinski definition) is 3. The highest BCUT2D eigenvalue weighted by Gasteiger charge is 2.26. The van der Waals surface area contributed by atoms with Crippen LogP contribution in [0.2, 0.25) is 0 Å². The number of furan rings is 1. The summed E-state index contributed by atoms with van der Waals surface area (Å²) in [5.74, 6) is 1.12. The van der Waals surface area contributed by atoms with Crippen molar-refractivity contribution in [2.75, 3.05) is 13.6 Å². The summed E-state index contributed by atoms with van der Waals surface area (Å²) in [5, 5.41) is 3.42. The van der Waals surface area contributed by atoms with Crippen LogP contribution in [0.1, 0.15) is 37.5 Å². The van der Waals surface area contributed by atoms with Crippen molar-refractivity contribution in [3.63, 3.8) is 0 Å². The van der Waals surface area contributed by atoms with Crippen LogP contribution in [0.4, 0.5) is 0 Å². The third-order valence-electron chi connectivity index (χ3n) is 3.14. The molecule has 0 unspecified atom stereocenters. The lowest BCUT2D eigenvalue weighted by Crippen LogP contribution is -2.21. The smallest absolute Gasteiger partial charge is 0.122 e. The first-order chi connectivity index (χ1) is 7.81. The van der Waals surface area contributed by atoms with Gasteiger partial charge in [0.15, 0.2) is 0 Å². The van der Waals surface area contributed by atoms with E-state index in [1.165, 1.54) is 24.8 Å². The molecule has 2 rings (SSSR count). The maximum absolute atomic E-state index is 5.56. The van der Waals surface area contributed by atoms with Crippen molar-refractivity contribution in [3.8, 4) is 0 Å². The van der Waals surface area contributed by atoms with E-state index < -0.39 is 0 Å². The summed E-state index contributed by atoms with van der Waals surface area (Å²) in [6.07, 6.45) is 5.68. The molecule has 0 bridgehead atoms. The topological polar surface area (TPSA) is 28.4 Å². The quantitative estimate of drug-likeness (QED) is 0.718. The van der Waals surface area contributed by atoms with Crippen LogP contribution in [0, 0.1) is 0 Å². The molecule has 1 fully saturated rings. The molecule has 3 heteroatoms. The van der Waals surface area contributed by atoms with Crippen LogP contribution in [0.3, 0.4) is 0 Å². The van der Waals surface area contributed by atoms with Gasteiger partial charge in [0.2, 0.25) is 0 Å². The molecule has 1 aromatic heterocycles. The molecule has 1 N–H and O–H groups in total. The number of nitrogens with one attached hydrogen (secondary N) is 1. The minimum Gasteiger partial charge on any atom is -0.468 e. The van der Waals surface area contributed by atoms with Gasteiger partial charge in [0.05, 0.1) is 12.8 Å². The van der Waals surface area contributed by atoms with Crippen molar-refractivity contribution in [3.05, 3.63) is 23.7 Å². The van der Waals surface area contributed by atoms with Gasteiger partial charge in [-0.3, -0.25) is 4.90 Å². The van der Waals surface area contributed by atoms with Crippen molar-refractivity contribution >= 4 is 0 Å². The molecule has 1 heterocycles. The van der Waals surface area contributed by atoms with Crippen molar-refractivity contribution in [1.82, 2.24) is 10.2 Å². The molecule has 0 radical (unpaired) electrons. The van der Waals surface area contributed by atoms with Crippen molar-refractivity contribution < 1.29 is 4.42 Å². The number of hydrogen-bond donors (Lipinski definition) is 1. The first kappa shape index (κ1) is 11.7. The highest BCUT2D eigenvalue weighted by molar-refractivity contribution is 5.17. The predicted octanol–water partition coefficient (Wildman–Crippen LogP) is 2.37. The van der Waals surface area contributed by atoms with Crippen molar-refractivity contribution in [2.45, 2.75) is 45.3 Å². The van der Waals surface area contributed by atoms with Gasteiger partial charge < -0.3 is 9.73 Å². The Bertz CT molecular complexity index is 317. The second-order valence-electron chi connectivity index (χ2n) is 4.69. The lowest BCUT2D eigenvalue weighted by Gasteiger charge is -2.14. The first-order valence-corrected chi connectivity index (χ1v) is 6.27. The third kappa shape index (κ3) is 3.09. The normalized spacial score (nSPS) is 15.9. The Balaban J connectivity index is 1.85. The Morgan fingerprint density at radius 3 is 3.00 bits per heavy atom. The Hall–Kier alpha value is -0.800. The SMILES string of the molecule is CCCNCc1ccoc1CN(C)C1CC1. The fourth-order valence-electron chi connectivity index (χ4n) is 1.93. The van der Waals surface area contributed by atoms with Gasteiger partial charge in [-0.1, -0.05) is 6.92 Å². The summed E-state index contributed by atoms with van der Waals surface area (Å²) in [7, 11) is 2.18. The van der Waals surface area contributed by atoms with Crippen LogP contribution in [0.15, 0.2) is 16.7 Å². The highest BCUT2D eigenvalue weighted by Crippen LogP contribution is 2.27. The molecule has 0 atom stereocenters. The monoisotopic (exact) mass is 222 g/mol. The van der Waals surface area contributed by atoms with E-state index >= 15 is 0 Å². The van der Waals surface area contributed by atoms with Gasteiger partial charge in [-0.15, -0.1) is 0 Å². The maximum atomic E-state index is 5.56. The standard InChI is InChI=1S/C13H22N2O/c1-3-7-14-9-11-6-8-16-13(11)10-15(2)12-4-5-12/h6,8,12,14H,3-5,7,9-10H2,1-2H3. The summed E-state index contributed by atoms with van der Waals surface area (Å²) < 4.78 is 5.56. The van der Waals surface area contributed by atoms with E-state index in [4.69, 9.17) is 4.42 Å². The largest absolute Gasteiger partial charge is 0.468 e. The molecule has 0 aromatic carbocycles. The van der Waals surface area contributed by atoms with E-state index in [0.29, 0.717) is 0 Å². The Labute approximate surface area is 97.8 Å². The van der Waals surface area contributed by atoms with Gasteiger partial charge in [0.1, 0.15) is 5.76 Å². The molecule has 1 aliphatic rings. The molecule has 0 aliphatic heterocycles. The van der Waals surface area contributed by atoms with Crippen molar-refractivity contribution in [2.24, 2.45) is 0 Å². The van der Waals surface area contributed by atoms with Crippen LogP contribution >= 0.6 is 0 Å². The Morgan fingerprint density at radius 1 is 1.50 bits per heavy atom. The van der Waals surface area contributed by atoms with E-state index in [1.807, 2.05) is 0 Å².